The first kappa shape index (κ1) is 22.3. The van der Waals surface area contributed by atoms with Crippen LogP contribution in [0.4, 0.5) is 4.79 Å². The second-order valence-corrected chi connectivity index (χ2v) is 8.52. The minimum Gasteiger partial charge on any atom is -0.480 e. The van der Waals surface area contributed by atoms with Gasteiger partial charge in [0.05, 0.1) is 0 Å². The molecule has 1 atom stereocenters. The molecule has 1 heterocycles. The number of carboxylic acids is 1. The van der Waals surface area contributed by atoms with Gasteiger partial charge in [-0.1, -0.05) is 18.2 Å². The topological polar surface area (TPSA) is 112 Å². The molecule has 0 radical (unpaired) electrons. The summed E-state index contributed by atoms with van der Waals surface area (Å²) in [7, 11) is 1.41. The van der Waals surface area contributed by atoms with Gasteiger partial charge in [-0.15, -0.1) is 0 Å². The highest BCUT2D eigenvalue weighted by Gasteiger charge is 2.39. The second kappa shape index (κ2) is 8.14. The van der Waals surface area contributed by atoms with Crippen LogP contribution in [0.2, 0.25) is 0 Å². The number of amides is 2. The first-order valence-electron chi connectivity index (χ1n) is 9.38. The third-order valence-corrected chi connectivity index (χ3v) is 4.78. The number of fused-ring (bicyclic) bond motifs is 1. The van der Waals surface area contributed by atoms with Crippen LogP contribution in [0.5, 0.6) is 0 Å². The number of ether oxygens (including phenoxy) is 1. The van der Waals surface area contributed by atoms with Crippen LogP contribution in [0.1, 0.15) is 40.2 Å². The van der Waals surface area contributed by atoms with Crippen LogP contribution in [-0.4, -0.2) is 57.2 Å². The normalized spacial score (nSPS) is 13.0. The molecule has 158 valence electrons. The monoisotopic (exact) mass is 403 g/mol. The molecule has 0 aliphatic rings. The summed E-state index contributed by atoms with van der Waals surface area (Å²) in [6.45, 7) is 8.04. The van der Waals surface area contributed by atoms with Gasteiger partial charge in [0, 0.05) is 30.6 Å². The first-order valence-corrected chi connectivity index (χ1v) is 9.38. The Morgan fingerprint density at radius 2 is 1.79 bits per heavy atom. The average molecular weight is 403 g/mol. The Balaban J connectivity index is 2.33. The van der Waals surface area contributed by atoms with E-state index in [2.05, 4.69) is 10.3 Å². The molecule has 1 aromatic heterocycles. The van der Waals surface area contributed by atoms with Crippen LogP contribution in [-0.2, 0) is 20.7 Å². The van der Waals surface area contributed by atoms with Crippen molar-refractivity contribution in [3.05, 3.63) is 36.0 Å². The Kier molecular flexibility index (Phi) is 6.25. The number of hydrogen-bond donors (Lipinski definition) is 3. The fourth-order valence-electron chi connectivity index (χ4n) is 2.82. The number of likely N-dealkylation sites (N-methyl/N-ethyl adjacent to an activating group) is 1. The van der Waals surface area contributed by atoms with Gasteiger partial charge >= 0.3 is 12.1 Å². The highest BCUT2D eigenvalue weighted by Crippen LogP contribution is 2.21. The van der Waals surface area contributed by atoms with Crippen molar-refractivity contribution < 1.29 is 24.2 Å². The zero-order chi connectivity index (χ0) is 22.0. The van der Waals surface area contributed by atoms with Crippen LogP contribution in [0.15, 0.2) is 30.5 Å². The molecular weight excluding hydrogens is 374 g/mol. The predicted octanol–water partition coefficient (Wildman–Crippen LogP) is 2.93. The number of aromatic nitrogens is 1. The molecule has 0 saturated heterocycles. The second-order valence-electron chi connectivity index (χ2n) is 8.52. The lowest BCUT2D eigenvalue weighted by atomic mass is 9.99. The number of carbonyl (C=O) groups is 3. The van der Waals surface area contributed by atoms with Gasteiger partial charge in [0.1, 0.15) is 17.2 Å². The zero-order valence-corrected chi connectivity index (χ0v) is 17.7. The van der Waals surface area contributed by atoms with Crippen molar-refractivity contribution in [3.63, 3.8) is 0 Å². The molecule has 3 N–H and O–H groups in total. The number of hydrogen-bond acceptors (Lipinski definition) is 4. The molecule has 2 aromatic rings. The van der Waals surface area contributed by atoms with Crippen molar-refractivity contribution in [2.45, 2.75) is 58.2 Å². The molecule has 0 bridgehead atoms. The fourth-order valence-corrected chi connectivity index (χ4v) is 2.82. The summed E-state index contributed by atoms with van der Waals surface area (Å²) < 4.78 is 5.29. The lowest BCUT2D eigenvalue weighted by Crippen LogP contribution is -2.57. The standard InChI is InChI=1S/C21H29N3O5/c1-20(2,3)29-19(28)23-16(17(25)24(6)21(4,5)18(26)27)11-13-12-22-15-10-8-7-9-14(13)15/h7-10,12,16,22H,11H2,1-6H3,(H,23,28)(H,26,27). The number of aliphatic carboxylic acids is 1. The Labute approximate surface area is 170 Å². The van der Waals surface area contributed by atoms with E-state index in [0.29, 0.717) is 0 Å². The van der Waals surface area contributed by atoms with E-state index in [1.54, 1.807) is 27.0 Å². The summed E-state index contributed by atoms with van der Waals surface area (Å²) in [5.74, 6) is -1.66. The molecule has 1 aromatic carbocycles. The maximum atomic E-state index is 13.1. The Morgan fingerprint density at radius 1 is 1.17 bits per heavy atom. The van der Waals surface area contributed by atoms with Crippen LogP contribution in [0, 0.1) is 0 Å². The number of alkyl carbamates (subject to hydrolysis) is 1. The maximum Gasteiger partial charge on any atom is 0.408 e. The summed E-state index contributed by atoms with van der Waals surface area (Å²) in [6.07, 6.45) is 1.23. The van der Waals surface area contributed by atoms with Gasteiger partial charge in [-0.3, -0.25) is 4.79 Å². The number of rotatable bonds is 6. The molecule has 0 fully saturated rings. The zero-order valence-electron chi connectivity index (χ0n) is 17.7. The average Bonchev–Trinajstić information content (AvgIpc) is 3.01. The lowest BCUT2D eigenvalue weighted by Gasteiger charge is -2.34. The van der Waals surface area contributed by atoms with E-state index in [4.69, 9.17) is 4.74 Å². The number of nitrogens with zero attached hydrogens (tertiary/aromatic N) is 1. The van der Waals surface area contributed by atoms with E-state index in [1.807, 2.05) is 24.3 Å². The van der Waals surface area contributed by atoms with Crippen molar-refractivity contribution in [3.8, 4) is 0 Å². The third-order valence-electron chi connectivity index (χ3n) is 4.78. The summed E-state index contributed by atoms with van der Waals surface area (Å²) in [5.41, 5.74) is -0.433. The van der Waals surface area contributed by atoms with Gasteiger partial charge in [-0.05, 0) is 46.2 Å². The Bertz CT molecular complexity index is 910. The molecule has 0 saturated carbocycles. The number of carbonyl (C=O) groups excluding carboxylic acids is 2. The summed E-state index contributed by atoms with van der Waals surface area (Å²) >= 11 is 0. The van der Waals surface area contributed by atoms with E-state index in [9.17, 15) is 19.5 Å². The van der Waals surface area contributed by atoms with Crippen LogP contribution >= 0.6 is 0 Å². The Morgan fingerprint density at radius 3 is 2.38 bits per heavy atom. The van der Waals surface area contributed by atoms with Crippen molar-refractivity contribution in [1.29, 1.82) is 0 Å². The molecule has 0 spiro atoms. The molecule has 0 aliphatic heterocycles. The van der Waals surface area contributed by atoms with E-state index in [0.717, 1.165) is 21.4 Å². The van der Waals surface area contributed by atoms with Gasteiger partial charge in [-0.25, -0.2) is 9.59 Å². The summed E-state index contributed by atoms with van der Waals surface area (Å²) in [5, 5.41) is 13.0. The van der Waals surface area contributed by atoms with Crippen molar-refractivity contribution in [2.24, 2.45) is 0 Å². The van der Waals surface area contributed by atoms with Crippen LogP contribution < -0.4 is 5.32 Å². The SMILES string of the molecule is CN(C(=O)C(Cc1c[nH]c2ccccc12)NC(=O)OC(C)(C)C)C(C)(C)C(=O)O. The molecule has 2 rings (SSSR count). The molecule has 8 heteroatoms. The number of aromatic amines is 1. The quantitative estimate of drug-likeness (QED) is 0.687. The Hall–Kier alpha value is -3.03. The highest BCUT2D eigenvalue weighted by molar-refractivity contribution is 5.92. The minimum atomic E-state index is -1.44. The van der Waals surface area contributed by atoms with Gasteiger partial charge in [0.25, 0.3) is 0 Å². The molecule has 1 unspecified atom stereocenters. The minimum absolute atomic E-state index is 0.183. The van der Waals surface area contributed by atoms with E-state index < -0.39 is 35.2 Å². The molecule has 8 nitrogen and oxygen atoms in total. The smallest absolute Gasteiger partial charge is 0.408 e. The maximum absolute atomic E-state index is 13.1. The highest BCUT2D eigenvalue weighted by atomic mass is 16.6. The number of para-hydroxylation sites is 1. The van der Waals surface area contributed by atoms with Crippen molar-refractivity contribution in [1.82, 2.24) is 15.2 Å². The van der Waals surface area contributed by atoms with Crippen molar-refractivity contribution >= 4 is 28.9 Å². The summed E-state index contributed by atoms with van der Waals surface area (Å²) in [6, 6.07) is 6.62. The molecule has 0 aliphatic carbocycles. The molecular formula is C21H29N3O5. The van der Waals surface area contributed by atoms with E-state index >= 15 is 0 Å². The third kappa shape index (κ3) is 5.28. The van der Waals surface area contributed by atoms with Gasteiger partial charge < -0.3 is 25.0 Å². The number of carboxylic acid groups (broad SMARTS) is 1. The van der Waals surface area contributed by atoms with Gasteiger partial charge in [-0.2, -0.15) is 0 Å². The van der Waals surface area contributed by atoms with Crippen LogP contribution in [0.3, 0.4) is 0 Å². The van der Waals surface area contributed by atoms with Gasteiger partial charge in [0.2, 0.25) is 5.91 Å². The predicted molar refractivity (Wildman–Crippen MR) is 110 cm³/mol. The number of nitrogens with one attached hydrogen (secondary N) is 2. The lowest BCUT2D eigenvalue weighted by molar-refractivity contribution is -0.156. The van der Waals surface area contributed by atoms with Crippen molar-refractivity contribution in [2.75, 3.05) is 7.05 Å². The summed E-state index contributed by atoms with van der Waals surface area (Å²) in [4.78, 5) is 41.3. The largest absolute Gasteiger partial charge is 0.480 e. The van der Waals surface area contributed by atoms with E-state index in [1.165, 1.54) is 20.9 Å². The molecule has 29 heavy (non-hydrogen) atoms. The number of H-pyrrole nitrogens is 1. The molecule has 2 amide bonds. The van der Waals surface area contributed by atoms with E-state index in [-0.39, 0.29) is 6.42 Å². The van der Waals surface area contributed by atoms with Crippen LogP contribution in [0.25, 0.3) is 10.9 Å². The first-order chi connectivity index (χ1) is 13.3. The number of benzene rings is 1. The van der Waals surface area contributed by atoms with Gasteiger partial charge in [0.15, 0.2) is 0 Å². The fraction of sp³-hybridized carbons (Fsp3) is 0.476.